The summed E-state index contributed by atoms with van der Waals surface area (Å²) in [5, 5.41) is 11.6. The Morgan fingerprint density at radius 1 is 1.43 bits per heavy atom. The van der Waals surface area contributed by atoms with Gasteiger partial charge in [-0.25, -0.2) is 4.79 Å². The van der Waals surface area contributed by atoms with Crippen molar-refractivity contribution < 1.29 is 24.2 Å². The molecule has 2 N–H and O–H groups in total. The normalized spacial score (nSPS) is 17.9. The van der Waals surface area contributed by atoms with Gasteiger partial charge in [0.2, 0.25) is 6.10 Å². The van der Waals surface area contributed by atoms with Crippen LogP contribution in [0.3, 0.4) is 0 Å². The van der Waals surface area contributed by atoms with Crippen molar-refractivity contribution in [3.63, 3.8) is 0 Å². The summed E-state index contributed by atoms with van der Waals surface area (Å²) in [5.41, 5.74) is 0. The highest BCUT2D eigenvalue weighted by Crippen LogP contribution is 2.30. The smallest absolute Gasteiger partial charge is 0.326 e. The molecule has 0 saturated carbocycles. The van der Waals surface area contributed by atoms with Gasteiger partial charge in [0.05, 0.1) is 0 Å². The van der Waals surface area contributed by atoms with Crippen LogP contribution in [0, 0.1) is 0 Å². The standard InChI is InChI=1S/C14H17NO5S/c1-21-7-6-9(14(17)18)15-13(16)12-8-19-10-4-2-3-5-11(10)20-12/h2-5,9,12H,6-8H2,1H3,(H,15,16)(H,17,18). The summed E-state index contributed by atoms with van der Waals surface area (Å²) < 4.78 is 11.0. The van der Waals surface area contributed by atoms with Gasteiger partial charge in [0.25, 0.3) is 5.91 Å². The molecule has 0 aromatic heterocycles. The zero-order valence-electron chi connectivity index (χ0n) is 11.6. The molecule has 1 amide bonds. The number of rotatable bonds is 6. The van der Waals surface area contributed by atoms with Crippen molar-refractivity contribution >= 4 is 23.6 Å². The zero-order valence-corrected chi connectivity index (χ0v) is 12.4. The van der Waals surface area contributed by atoms with E-state index >= 15 is 0 Å². The number of fused-ring (bicyclic) bond motifs is 1. The van der Waals surface area contributed by atoms with E-state index in [2.05, 4.69) is 5.32 Å². The second-order valence-corrected chi connectivity index (χ2v) is 5.53. The fourth-order valence-corrected chi connectivity index (χ4v) is 2.38. The van der Waals surface area contributed by atoms with E-state index in [-0.39, 0.29) is 6.61 Å². The highest BCUT2D eigenvalue weighted by Gasteiger charge is 2.30. The molecule has 6 nitrogen and oxygen atoms in total. The first-order chi connectivity index (χ1) is 10.1. The monoisotopic (exact) mass is 311 g/mol. The number of carbonyl (C=O) groups is 2. The molecule has 0 spiro atoms. The van der Waals surface area contributed by atoms with Gasteiger partial charge in [0.15, 0.2) is 11.5 Å². The van der Waals surface area contributed by atoms with Crippen LogP contribution >= 0.6 is 11.8 Å². The van der Waals surface area contributed by atoms with Crippen molar-refractivity contribution in [3.05, 3.63) is 24.3 Å². The molecule has 1 aliphatic heterocycles. The molecule has 2 unspecified atom stereocenters. The summed E-state index contributed by atoms with van der Waals surface area (Å²) in [7, 11) is 0. The summed E-state index contributed by atoms with van der Waals surface area (Å²) in [4.78, 5) is 23.2. The Bertz CT molecular complexity index is 522. The summed E-state index contributed by atoms with van der Waals surface area (Å²) in [6, 6.07) is 6.14. The number of amides is 1. The van der Waals surface area contributed by atoms with E-state index in [0.29, 0.717) is 23.7 Å². The first-order valence-electron chi connectivity index (χ1n) is 6.52. The highest BCUT2D eigenvalue weighted by molar-refractivity contribution is 7.98. The number of aliphatic carboxylic acids is 1. The molecule has 1 heterocycles. The van der Waals surface area contributed by atoms with E-state index in [1.807, 2.05) is 12.3 Å². The lowest BCUT2D eigenvalue weighted by Crippen LogP contribution is -2.50. The fraction of sp³-hybridized carbons (Fsp3) is 0.429. The van der Waals surface area contributed by atoms with Crippen LogP contribution in [0.25, 0.3) is 0 Å². The number of nitrogens with one attached hydrogen (secondary N) is 1. The predicted molar refractivity (Wildman–Crippen MR) is 78.9 cm³/mol. The molecule has 2 atom stereocenters. The quantitative estimate of drug-likeness (QED) is 0.820. The molecule has 114 valence electrons. The summed E-state index contributed by atoms with van der Waals surface area (Å²) in [6.45, 7) is 0.0672. The Labute approximate surface area is 126 Å². The van der Waals surface area contributed by atoms with Crippen LogP contribution in [0.2, 0.25) is 0 Å². The zero-order chi connectivity index (χ0) is 15.2. The van der Waals surface area contributed by atoms with Crippen molar-refractivity contribution in [2.24, 2.45) is 0 Å². The second kappa shape index (κ2) is 7.21. The van der Waals surface area contributed by atoms with Crippen molar-refractivity contribution in [1.82, 2.24) is 5.32 Å². The van der Waals surface area contributed by atoms with Gasteiger partial charge in [-0.3, -0.25) is 4.79 Å². The van der Waals surface area contributed by atoms with E-state index in [9.17, 15) is 9.59 Å². The lowest BCUT2D eigenvalue weighted by molar-refractivity contribution is -0.143. The highest BCUT2D eigenvalue weighted by atomic mass is 32.2. The number of carboxylic acids is 1. The van der Waals surface area contributed by atoms with Crippen molar-refractivity contribution in [2.45, 2.75) is 18.6 Å². The molecular formula is C14H17NO5S. The maximum atomic E-state index is 12.1. The molecule has 21 heavy (non-hydrogen) atoms. The van der Waals surface area contributed by atoms with Crippen LogP contribution in [-0.2, 0) is 9.59 Å². The van der Waals surface area contributed by atoms with Crippen molar-refractivity contribution in [2.75, 3.05) is 18.6 Å². The number of benzene rings is 1. The van der Waals surface area contributed by atoms with Crippen molar-refractivity contribution in [1.29, 1.82) is 0 Å². The third-order valence-corrected chi connectivity index (χ3v) is 3.67. The number of hydrogen-bond donors (Lipinski definition) is 2. The van der Waals surface area contributed by atoms with Crippen LogP contribution in [0.4, 0.5) is 0 Å². The minimum Gasteiger partial charge on any atom is -0.485 e. The largest absolute Gasteiger partial charge is 0.485 e. The SMILES string of the molecule is CSCCC(NC(=O)C1COc2ccccc2O1)C(=O)O. The molecular weight excluding hydrogens is 294 g/mol. The molecule has 0 fully saturated rings. The number of hydrogen-bond acceptors (Lipinski definition) is 5. The first-order valence-corrected chi connectivity index (χ1v) is 7.92. The molecule has 0 bridgehead atoms. The third kappa shape index (κ3) is 4.04. The van der Waals surface area contributed by atoms with Crippen LogP contribution in [-0.4, -0.2) is 47.7 Å². The topological polar surface area (TPSA) is 84.9 Å². The molecule has 2 rings (SSSR count). The van der Waals surface area contributed by atoms with Gasteiger partial charge in [0, 0.05) is 0 Å². The van der Waals surface area contributed by atoms with Crippen LogP contribution in [0.15, 0.2) is 24.3 Å². The summed E-state index contributed by atoms with van der Waals surface area (Å²) >= 11 is 1.53. The Morgan fingerprint density at radius 3 is 2.81 bits per heavy atom. The minimum absolute atomic E-state index is 0.0672. The number of thioether (sulfide) groups is 1. The summed E-state index contributed by atoms with van der Waals surface area (Å²) in [6.07, 6.45) is 1.42. The van der Waals surface area contributed by atoms with E-state index in [1.54, 1.807) is 18.2 Å². The second-order valence-electron chi connectivity index (χ2n) is 4.55. The number of carboxylic acid groups (broad SMARTS) is 1. The number of ether oxygens (including phenoxy) is 2. The fourth-order valence-electron chi connectivity index (χ4n) is 1.91. The number of para-hydroxylation sites is 2. The van der Waals surface area contributed by atoms with Gasteiger partial charge >= 0.3 is 5.97 Å². The minimum atomic E-state index is -1.05. The Kier molecular flexibility index (Phi) is 5.32. The number of carbonyl (C=O) groups excluding carboxylic acids is 1. The molecule has 1 aromatic rings. The van der Waals surface area contributed by atoms with E-state index < -0.39 is 24.0 Å². The van der Waals surface area contributed by atoms with Gasteiger partial charge in [-0.2, -0.15) is 11.8 Å². The lowest BCUT2D eigenvalue weighted by atomic mass is 10.2. The van der Waals surface area contributed by atoms with Crippen LogP contribution in [0.5, 0.6) is 11.5 Å². The molecule has 1 aliphatic rings. The Morgan fingerprint density at radius 2 is 2.14 bits per heavy atom. The average Bonchev–Trinajstić information content (AvgIpc) is 2.50. The summed E-state index contributed by atoms with van der Waals surface area (Å²) in [5.74, 6) is 0.202. The molecule has 0 aliphatic carbocycles. The van der Waals surface area contributed by atoms with Gasteiger partial charge in [0.1, 0.15) is 12.6 Å². The average molecular weight is 311 g/mol. The van der Waals surface area contributed by atoms with Crippen molar-refractivity contribution in [3.8, 4) is 11.5 Å². The maximum absolute atomic E-state index is 12.1. The van der Waals surface area contributed by atoms with Crippen LogP contribution in [0.1, 0.15) is 6.42 Å². The Balaban J connectivity index is 1.96. The predicted octanol–water partition coefficient (Wildman–Crippen LogP) is 1.15. The molecule has 0 radical (unpaired) electrons. The van der Waals surface area contributed by atoms with Gasteiger partial charge < -0.3 is 19.9 Å². The van der Waals surface area contributed by atoms with E-state index in [0.717, 1.165) is 0 Å². The lowest BCUT2D eigenvalue weighted by Gasteiger charge is -2.26. The van der Waals surface area contributed by atoms with Crippen LogP contribution < -0.4 is 14.8 Å². The third-order valence-electron chi connectivity index (χ3n) is 3.03. The van der Waals surface area contributed by atoms with E-state index in [1.165, 1.54) is 11.8 Å². The molecule has 0 saturated heterocycles. The van der Waals surface area contributed by atoms with Gasteiger partial charge in [-0.05, 0) is 30.6 Å². The van der Waals surface area contributed by atoms with Gasteiger partial charge in [-0.15, -0.1) is 0 Å². The molecule has 1 aromatic carbocycles. The Hall–Kier alpha value is -1.89. The van der Waals surface area contributed by atoms with Gasteiger partial charge in [-0.1, -0.05) is 12.1 Å². The first kappa shape index (κ1) is 15.5. The molecule has 7 heteroatoms. The van der Waals surface area contributed by atoms with E-state index in [4.69, 9.17) is 14.6 Å². The maximum Gasteiger partial charge on any atom is 0.326 e.